The molecule has 6 nitrogen and oxygen atoms in total. The molecular weight excluding hydrogens is 288 g/mol. The van der Waals surface area contributed by atoms with Gasteiger partial charge in [-0.2, -0.15) is 5.26 Å². The standard InChI is InChI=1S/C14H14N4O2S/c1-8-4-12(10(3)21-8)9(2)17-14-13(18(19)20)5-11(6-15)7-16-14/h4-5,7,9H,1-3H3,(H,16,17). The number of nitro groups is 1. The van der Waals surface area contributed by atoms with E-state index in [1.54, 1.807) is 11.3 Å². The van der Waals surface area contributed by atoms with Crippen LogP contribution in [0.5, 0.6) is 0 Å². The molecule has 0 fully saturated rings. The van der Waals surface area contributed by atoms with Gasteiger partial charge in [-0.15, -0.1) is 11.3 Å². The molecule has 1 atom stereocenters. The minimum Gasteiger partial charge on any atom is -0.358 e. The SMILES string of the molecule is Cc1cc(C(C)Nc2ncc(C#N)cc2[N+](=O)[O-])c(C)s1. The van der Waals surface area contributed by atoms with Crippen molar-refractivity contribution in [1.82, 2.24) is 4.98 Å². The summed E-state index contributed by atoms with van der Waals surface area (Å²) in [5.74, 6) is 0.176. The molecule has 7 heteroatoms. The molecule has 0 radical (unpaired) electrons. The first-order valence-corrected chi connectivity index (χ1v) is 7.12. The van der Waals surface area contributed by atoms with Crippen molar-refractivity contribution >= 4 is 22.8 Å². The summed E-state index contributed by atoms with van der Waals surface area (Å²) in [5.41, 5.74) is 1.07. The quantitative estimate of drug-likeness (QED) is 0.686. The lowest BCUT2D eigenvalue weighted by Crippen LogP contribution is -2.10. The van der Waals surface area contributed by atoms with Crippen LogP contribution in [0.4, 0.5) is 11.5 Å². The highest BCUT2D eigenvalue weighted by molar-refractivity contribution is 7.12. The number of nitriles is 1. The number of aryl methyl sites for hydroxylation is 2. The fraction of sp³-hybridized carbons (Fsp3) is 0.286. The molecule has 2 aromatic rings. The smallest absolute Gasteiger partial charge is 0.312 e. The summed E-state index contributed by atoms with van der Waals surface area (Å²) >= 11 is 1.69. The Morgan fingerprint density at radius 2 is 2.19 bits per heavy atom. The van der Waals surface area contributed by atoms with Crippen molar-refractivity contribution in [3.63, 3.8) is 0 Å². The Morgan fingerprint density at radius 3 is 2.71 bits per heavy atom. The zero-order valence-corrected chi connectivity index (χ0v) is 12.7. The van der Waals surface area contributed by atoms with E-state index in [1.807, 2.05) is 26.8 Å². The van der Waals surface area contributed by atoms with Crippen molar-refractivity contribution in [2.75, 3.05) is 5.32 Å². The van der Waals surface area contributed by atoms with Crippen LogP contribution in [0.1, 0.15) is 33.8 Å². The van der Waals surface area contributed by atoms with Crippen molar-refractivity contribution in [2.45, 2.75) is 26.8 Å². The van der Waals surface area contributed by atoms with E-state index in [0.717, 1.165) is 5.56 Å². The highest BCUT2D eigenvalue weighted by Gasteiger charge is 2.20. The highest BCUT2D eigenvalue weighted by Crippen LogP contribution is 2.31. The largest absolute Gasteiger partial charge is 0.358 e. The van der Waals surface area contributed by atoms with Crippen molar-refractivity contribution in [3.8, 4) is 6.07 Å². The molecule has 1 N–H and O–H groups in total. The first-order valence-electron chi connectivity index (χ1n) is 6.30. The second kappa shape index (κ2) is 5.89. The number of nitrogens with zero attached hydrogens (tertiary/aromatic N) is 3. The Bertz CT molecular complexity index is 733. The molecule has 0 aliphatic heterocycles. The second-order valence-corrected chi connectivity index (χ2v) is 6.16. The Labute approximate surface area is 126 Å². The van der Waals surface area contributed by atoms with Crippen molar-refractivity contribution in [3.05, 3.63) is 49.3 Å². The normalized spacial score (nSPS) is 11.7. The fourth-order valence-electron chi connectivity index (χ4n) is 2.13. The van der Waals surface area contributed by atoms with E-state index < -0.39 is 4.92 Å². The van der Waals surface area contributed by atoms with E-state index in [9.17, 15) is 10.1 Å². The van der Waals surface area contributed by atoms with E-state index >= 15 is 0 Å². The van der Waals surface area contributed by atoms with E-state index in [4.69, 9.17) is 5.26 Å². The first-order chi connectivity index (χ1) is 9.92. The van der Waals surface area contributed by atoms with E-state index in [0.29, 0.717) is 0 Å². The van der Waals surface area contributed by atoms with Gasteiger partial charge in [-0.1, -0.05) is 0 Å². The van der Waals surface area contributed by atoms with Crippen molar-refractivity contribution in [1.29, 1.82) is 5.26 Å². The summed E-state index contributed by atoms with van der Waals surface area (Å²) in [5, 5.41) is 23.0. The van der Waals surface area contributed by atoms with Gasteiger partial charge in [0.25, 0.3) is 0 Å². The molecule has 0 amide bonds. The van der Waals surface area contributed by atoms with E-state index in [1.165, 1.54) is 22.0 Å². The van der Waals surface area contributed by atoms with Crippen molar-refractivity contribution in [2.24, 2.45) is 0 Å². The summed E-state index contributed by atoms with van der Waals surface area (Å²) in [6.45, 7) is 5.97. The van der Waals surface area contributed by atoms with Crippen LogP contribution in [0, 0.1) is 35.3 Å². The maximum Gasteiger partial charge on any atom is 0.312 e. The number of rotatable bonds is 4. The van der Waals surface area contributed by atoms with Crippen LogP contribution in [-0.2, 0) is 0 Å². The third-order valence-electron chi connectivity index (χ3n) is 3.09. The molecule has 0 aliphatic carbocycles. The maximum absolute atomic E-state index is 11.1. The Hall–Kier alpha value is -2.46. The van der Waals surface area contributed by atoms with Gasteiger partial charge < -0.3 is 5.32 Å². The first kappa shape index (κ1) is 14.9. The molecule has 1 unspecified atom stereocenters. The number of thiophene rings is 1. The summed E-state index contributed by atoms with van der Waals surface area (Å²) in [6, 6.07) is 5.04. The monoisotopic (exact) mass is 302 g/mol. The molecule has 2 aromatic heterocycles. The second-order valence-electron chi connectivity index (χ2n) is 4.70. The van der Waals surface area contributed by atoms with Gasteiger partial charge in [0.2, 0.25) is 5.82 Å². The van der Waals surface area contributed by atoms with E-state index in [2.05, 4.69) is 16.4 Å². The summed E-state index contributed by atoms with van der Waals surface area (Å²) in [6.07, 6.45) is 1.33. The van der Waals surface area contributed by atoms with Crippen LogP contribution in [-0.4, -0.2) is 9.91 Å². The summed E-state index contributed by atoms with van der Waals surface area (Å²) in [7, 11) is 0. The molecule has 0 saturated heterocycles. The van der Waals surface area contributed by atoms with Gasteiger partial charge in [-0.05, 0) is 32.4 Å². The zero-order chi connectivity index (χ0) is 15.6. The number of pyridine rings is 1. The lowest BCUT2D eigenvalue weighted by atomic mass is 10.1. The molecule has 0 aliphatic rings. The van der Waals surface area contributed by atoms with Crippen molar-refractivity contribution < 1.29 is 4.92 Å². The maximum atomic E-state index is 11.1. The minimum atomic E-state index is -0.533. The number of anilines is 1. The van der Waals surface area contributed by atoms with Crippen LogP contribution in [0.25, 0.3) is 0 Å². The molecule has 2 heterocycles. The van der Waals surface area contributed by atoms with Gasteiger partial charge in [0, 0.05) is 22.0 Å². The van der Waals surface area contributed by atoms with Gasteiger partial charge in [-0.25, -0.2) is 4.98 Å². The minimum absolute atomic E-state index is 0.103. The Balaban J connectivity index is 2.33. The highest BCUT2D eigenvalue weighted by atomic mass is 32.1. The molecule has 0 bridgehead atoms. The van der Waals surface area contributed by atoms with Crippen LogP contribution >= 0.6 is 11.3 Å². The molecule has 0 aromatic carbocycles. The van der Waals surface area contributed by atoms with Crippen LogP contribution < -0.4 is 5.32 Å². The van der Waals surface area contributed by atoms with E-state index in [-0.39, 0.29) is 23.1 Å². The molecule has 0 spiro atoms. The molecule has 2 rings (SSSR count). The molecule has 108 valence electrons. The van der Waals surface area contributed by atoms with Gasteiger partial charge in [-0.3, -0.25) is 10.1 Å². The third kappa shape index (κ3) is 3.17. The third-order valence-corrected chi connectivity index (χ3v) is 4.07. The number of aromatic nitrogens is 1. The topological polar surface area (TPSA) is 91.8 Å². The lowest BCUT2D eigenvalue weighted by molar-refractivity contribution is -0.384. The van der Waals surface area contributed by atoms with Crippen LogP contribution in [0.15, 0.2) is 18.3 Å². The summed E-state index contributed by atoms with van der Waals surface area (Å²) in [4.78, 5) is 16.9. The van der Waals surface area contributed by atoms with Gasteiger partial charge >= 0.3 is 5.69 Å². The predicted molar refractivity (Wildman–Crippen MR) is 81.4 cm³/mol. The molecular formula is C14H14N4O2S. The summed E-state index contributed by atoms with van der Waals surface area (Å²) < 4.78 is 0. The van der Waals surface area contributed by atoms with Crippen LogP contribution in [0.2, 0.25) is 0 Å². The van der Waals surface area contributed by atoms with Gasteiger partial charge in [0.05, 0.1) is 16.5 Å². The average Bonchev–Trinajstić information content (AvgIpc) is 2.78. The lowest BCUT2D eigenvalue weighted by Gasteiger charge is -2.14. The van der Waals surface area contributed by atoms with Crippen LogP contribution in [0.3, 0.4) is 0 Å². The average molecular weight is 302 g/mol. The Morgan fingerprint density at radius 1 is 1.48 bits per heavy atom. The fourth-order valence-corrected chi connectivity index (χ4v) is 3.15. The zero-order valence-electron chi connectivity index (χ0n) is 11.9. The number of nitrogens with one attached hydrogen (secondary N) is 1. The molecule has 0 saturated carbocycles. The molecule has 21 heavy (non-hydrogen) atoms. The predicted octanol–water partition coefficient (Wildman–Crippen LogP) is 3.71. The number of hydrogen-bond donors (Lipinski definition) is 1. The van der Waals surface area contributed by atoms with Gasteiger partial charge in [0.15, 0.2) is 0 Å². The van der Waals surface area contributed by atoms with Gasteiger partial charge in [0.1, 0.15) is 6.07 Å². The number of hydrogen-bond acceptors (Lipinski definition) is 6. The Kier molecular flexibility index (Phi) is 4.19.